The Morgan fingerprint density at radius 2 is 1.52 bits per heavy atom. The highest BCUT2D eigenvalue weighted by Gasteiger charge is 2.28. The Kier molecular flexibility index (Phi) is 7.98. The zero-order chi connectivity index (χ0) is 22.2. The third kappa shape index (κ3) is 6.26. The number of aryl methyl sites for hydroxylation is 2. The number of nitrogens with zero attached hydrogens (tertiary/aromatic N) is 1. The van der Waals surface area contributed by atoms with Gasteiger partial charge in [-0.1, -0.05) is 42.5 Å². The molecule has 31 heavy (non-hydrogen) atoms. The molecule has 6 nitrogen and oxygen atoms in total. The molecule has 0 bridgehead atoms. The fourth-order valence-corrected chi connectivity index (χ4v) is 4.13. The number of benzene rings is 2. The van der Waals surface area contributed by atoms with Gasteiger partial charge in [-0.2, -0.15) is 0 Å². The quantitative estimate of drug-likeness (QED) is 0.534. The lowest BCUT2D eigenvalue weighted by molar-refractivity contribution is -1.00. The summed E-state index contributed by atoms with van der Waals surface area (Å²) in [6.07, 6.45) is 1.76. The number of nitrogens with one attached hydrogen (secondary N) is 3. The zero-order valence-electron chi connectivity index (χ0n) is 18.6. The predicted octanol–water partition coefficient (Wildman–Crippen LogP) is 0.245. The maximum Gasteiger partial charge on any atom is 0.282 e. The Bertz CT molecular complexity index is 885. The smallest absolute Gasteiger partial charge is 0.282 e. The Morgan fingerprint density at radius 3 is 2.10 bits per heavy atom. The Labute approximate surface area is 185 Å². The van der Waals surface area contributed by atoms with Crippen LogP contribution in [0.2, 0.25) is 0 Å². The summed E-state index contributed by atoms with van der Waals surface area (Å²) in [6, 6.07) is 15.8. The van der Waals surface area contributed by atoms with Crippen LogP contribution in [0.15, 0.2) is 61.2 Å². The molecule has 2 aromatic carbocycles. The zero-order valence-corrected chi connectivity index (χ0v) is 18.6. The summed E-state index contributed by atoms with van der Waals surface area (Å²) < 4.78 is 0. The molecule has 2 amide bonds. The Hall–Kier alpha value is -2.96. The van der Waals surface area contributed by atoms with Crippen LogP contribution in [0.5, 0.6) is 0 Å². The molecule has 1 aliphatic heterocycles. The summed E-state index contributed by atoms with van der Waals surface area (Å²) in [7, 11) is 0. The van der Waals surface area contributed by atoms with Gasteiger partial charge in [0.2, 0.25) is 0 Å². The van der Waals surface area contributed by atoms with E-state index >= 15 is 0 Å². The van der Waals surface area contributed by atoms with E-state index in [1.807, 2.05) is 62.4 Å². The van der Waals surface area contributed by atoms with E-state index in [9.17, 15) is 9.59 Å². The van der Waals surface area contributed by atoms with Crippen LogP contribution in [0.1, 0.15) is 11.1 Å². The topological polar surface area (TPSA) is 58.3 Å². The van der Waals surface area contributed by atoms with Gasteiger partial charge in [0.05, 0.1) is 0 Å². The van der Waals surface area contributed by atoms with E-state index in [1.54, 1.807) is 11.0 Å². The summed E-state index contributed by atoms with van der Waals surface area (Å²) in [5, 5.41) is 3.08. The Balaban J connectivity index is 1.48. The van der Waals surface area contributed by atoms with Gasteiger partial charge in [0.25, 0.3) is 11.8 Å². The fourth-order valence-electron chi connectivity index (χ4n) is 4.13. The summed E-state index contributed by atoms with van der Waals surface area (Å²) in [4.78, 5) is 29.8. The molecule has 0 radical (unpaired) electrons. The van der Waals surface area contributed by atoms with Gasteiger partial charge >= 0.3 is 0 Å². The second-order valence-corrected chi connectivity index (χ2v) is 8.30. The van der Waals surface area contributed by atoms with Crippen LogP contribution in [0.4, 0.5) is 11.4 Å². The second kappa shape index (κ2) is 10.9. The van der Waals surface area contributed by atoms with Crippen molar-refractivity contribution < 1.29 is 19.4 Å². The first-order valence-corrected chi connectivity index (χ1v) is 11.0. The molecule has 164 valence electrons. The van der Waals surface area contributed by atoms with Crippen molar-refractivity contribution in [2.24, 2.45) is 0 Å². The lowest BCUT2D eigenvalue weighted by atomic mass is 10.1. The van der Waals surface area contributed by atoms with Crippen molar-refractivity contribution in [2.45, 2.75) is 13.8 Å². The van der Waals surface area contributed by atoms with Crippen LogP contribution in [0, 0.1) is 13.8 Å². The molecule has 0 saturated carbocycles. The number of quaternary nitrogens is 2. The molecule has 0 atom stereocenters. The van der Waals surface area contributed by atoms with Gasteiger partial charge in [0.15, 0.2) is 13.1 Å². The maximum absolute atomic E-state index is 12.9. The average Bonchev–Trinajstić information content (AvgIpc) is 2.76. The molecule has 3 rings (SSSR count). The highest BCUT2D eigenvalue weighted by atomic mass is 16.2. The molecule has 0 unspecified atom stereocenters. The lowest BCUT2D eigenvalue weighted by Gasteiger charge is -2.30. The van der Waals surface area contributed by atoms with E-state index in [0.29, 0.717) is 19.6 Å². The number of rotatable bonds is 8. The number of amides is 2. The van der Waals surface area contributed by atoms with Crippen molar-refractivity contribution in [2.75, 3.05) is 56.0 Å². The molecule has 2 aromatic rings. The molecule has 1 saturated heterocycles. The minimum absolute atomic E-state index is 0.0492. The molecule has 0 aliphatic carbocycles. The fraction of sp³-hybridized carbons (Fsp3) is 0.360. The van der Waals surface area contributed by atoms with E-state index in [1.165, 1.54) is 9.80 Å². The Morgan fingerprint density at radius 1 is 0.935 bits per heavy atom. The summed E-state index contributed by atoms with van der Waals surface area (Å²) in [6.45, 7) is 12.8. The minimum atomic E-state index is 0.0492. The predicted molar refractivity (Wildman–Crippen MR) is 125 cm³/mol. The molecule has 0 aromatic heterocycles. The highest BCUT2D eigenvalue weighted by molar-refractivity contribution is 5.94. The van der Waals surface area contributed by atoms with Crippen LogP contribution >= 0.6 is 0 Å². The summed E-state index contributed by atoms with van der Waals surface area (Å²) >= 11 is 0. The monoisotopic (exact) mass is 422 g/mol. The normalized spacial score (nSPS) is 18.3. The molecule has 0 spiro atoms. The number of anilines is 2. The number of para-hydroxylation sites is 2. The first kappa shape index (κ1) is 22.7. The summed E-state index contributed by atoms with van der Waals surface area (Å²) in [5.41, 5.74) is 3.99. The van der Waals surface area contributed by atoms with Crippen molar-refractivity contribution in [3.63, 3.8) is 0 Å². The van der Waals surface area contributed by atoms with Crippen LogP contribution < -0.4 is 20.0 Å². The first-order valence-electron chi connectivity index (χ1n) is 11.0. The van der Waals surface area contributed by atoms with Crippen LogP contribution in [-0.4, -0.2) is 57.6 Å². The van der Waals surface area contributed by atoms with E-state index in [4.69, 9.17) is 0 Å². The van der Waals surface area contributed by atoms with E-state index in [2.05, 4.69) is 11.9 Å². The van der Waals surface area contributed by atoms with Crippen molar-refractivity contribution in [1.82, 2.24) is 0 Å². The minimum Gasteiger partial charge on any atom is -0.321 e. The second-order valence-electron chi connectivity index (χ2n) is 8.30. The highest BCUT2D eigenvalue weighted by Crippen LogP contribution is 2.18. The van der Waals surface area contributed by atoms with Crippen LogP contribution in [0.25, 0.3) is 0 Å². The molecule has 1 aliphatic rings. The van der Waals surface area contributed by atoms with Gasteiger partial charge < -0.3 is 20.0 Å². The van der Waals surface area contributed by atoms with Crippen LogP contribution in [0.3, 0.4) is 0 Å². The van der Waals surface area contributed by atoms with Crippen molar-refractivity contribution in [3.8, 4) is 0 Å². The van der Waals surface area contributed by atoms with Gasteiger partial charge in [0.1, 0.15) is 26.2 Å². The number of carbonyl (C=O) groups is 2. The average molecular weight is 423 g/mol. The standard InChI is InChI=1S/C25H32N4O2/c1-4-13-29(22-11-6-5-7-12-22)24(31)19-28-16-14-27(15-17-28)18-23(30)26-25-20(2)9-8-10-21(25)3/h4-12H,1,13-19H2,2-3H3,(H,26,30)/p+2. The van der Waals surface area contributed by atoms with Crippen LogP contribution in [-0.2, 0) is 9.59 Å². The lowest BCUT2D eigenvalue weighted by Crippen LogP contribution is -3.28. The third-order valence-electron chi connectivity index (χ3n) is 5.90. The first-order chi connectivity index (χ1) is 15.0. The number of hydrogen-bond donors (Lipinski definition) is 3. The molecule has 1 heterocycles. The third-order valence-corrected chi connectivity index (χ3v) is 5.90. The van der Waals surface area contributed by atoms with Gasteiger partial charge in [0, 0.05) is 17.9 Å². The number of hydrogen-bond acceptors (Lipinski definition) is 2. The van der Waals surface area contributed by atoms with Crippen molar-refractivity contribution in [3.05, 3.63) is 72.3 Å². The van der Waals surface area contributed by atoms with Gasteiger partial charge in [-0.3, -0.25) is 9.59 Å². The van der Waals surface area contributed by atoms with Crippen molar-refractivity contribution in [1.29, 1.82) is 0 Å². The maximum atomic E-state index is 12.9. The SMILES string of the molecule is C=CCN(C(=O)C[NH+]1CC[NH+](CC(=O)Nc2c(C)cccc2C)CC1)c1ccccc1. The molecule has 3 N–H and O–H groups in total. The van der Waals surface area contributed by atoms with E-state index in [-0.39, 0.29) is 11.8 Å². The molecule has 1 fully saturated rings. The number of piperazine rings is 1. The van der Waals surface area contributed by atoms with E-state index in [0.717, 1.165) is 48.7 Å². The van der Waals surface area contributed by atoms with Gasteiger partial charge in [-0.25, -0.2) is 0 Å². The van der Waals surface area contributed by atoms with Crippen molar-refractivity contribution >= 4 is 23.2 Å². The molecule has 6 heteroatoms. The number of carbonyl (C=O) groups excluding carboxylic acids is 2. The van der Waals surface area contributed by atoms with Gasteiger partial charge in [-0.15, -0.1) is 6.58 Å². The van der Waals surface area contributed by atoms with Gasteiger partial charge in [-0.05, 0) is 37.1 Å². The summed E-state index contributed by atoms with van der Waals surface area (Å²) in [5.74, 6) is 0.158. The molecular weight excluding hydrogens is 388 g/mol. The van der Waals surface area contributed by atoms with E-state index < -0.39 is 0 Å². The molecular formula is C25H34N4O2+2. The largest absolute Gasteiger partial charge is 0.321 e.